The van der Waals surface area contributed by atoms with E-state index in [1.54, 1.807) is 31.3 Å². The van der Waals surface area contributed by atoms with Crippen LogP contribution in [0.4, 0.5) is 10.1 Å². The molecule has 15 heavy (non-hydrogen) atoms. The molecule has 0 amide bonds. The summed E-state index contributed by atoms with van der Waals surface area (Å²) in [6.45, 7) is -0.184. The molecule has 0 saturated carbocycles. The van der Waals surface area contributed by atoms with Crippen molar-refractivity contribution in [2.45, 2.75) is 6.17 Å². The third-order valence-corrected chi connectivity index (χ3v) is 2.22. The SMILES string of the molecule is CN(CC(F)C(=O)O)c1ccc(Cl)cc1. The molecule has 0 fully saturated rings. The van der Waals surface area contributed by atoms with Crippen LogP contribution in [0.2, 0.25) is 5.02 Å². The predicted octanol–water partition coefficient (Wildman–Crippen LogP) is 2.20. The Balaban J connectivity index is 2.64. The van der Waals surface area contributed by atoms with Crippen LogP contribution in [0.1, 0.15) is 0 Å². The van der Waals surface area contributed by atoms with E-state index in [4.69, 9.17) is 16.7 Å². The van der Waals surface area contributed by atoms with Crippen LogP contribution >= 0.6 is 11.6 Å². The maximum absolute atomic E-state index is 12.9. The fourth-order valence-corrected chi connectivity index (χ4v) is 1.25. The van der Waals surface area contributed by atoms with Crippen molar-refractivity contribution in [3.05, 3.63) is 29.3 Å². The maximum atomic E-state index is 12.9. The number of carboxylic acid groups (broad SMARTS) is 1. The summed E-state index contributed by atoms with van der Waals surface area (Å²) >= 11 is 5.69. The molecule has 82 valence electrons. The van der Waals surface area contributed by atoms with Gasteiger partial charge in [-0.05, 0) is 24.3 Å². The predicted molar refractivity (Wildman–Crippen MR) is 57.3 cm³/mol. The first-order valence-corrected chi connectivity index (χ1v) is 4.72. The summed E-state index contributed by atoms with van der Waals surface area (Å²) in [6.07, 6.45) is -1.88. The number of carboxylic acids is 1. The molecule has 1 unspecified atom stereocenters. The topological polar surface area (TPSA) is 40.5 Å². The highest BCUT2D eigenvalue weighted by molar-refractivity contribution is 6.30. The lowest BCUT2D eigenvalue weighted by atomic mass is 10.2. The van der Waals surface area contributed by atoms with Gasteiger partial charge >= 0.3 is 5.97 Å². The van der Waals surface area contributed by atoms with Gasteiger partial charge in [-0.2, -0.15) is 0 Å². The Morgan fingerprint density at radius 1 is 1.53 bits per heavy atom. The van der Waals surface area contributed by atoms with Crippen molar-refractivity contribution in [3.8, 4) is 0 Å². The summed E-state index contributed by atoms with van der Waals surface area (Å²) in [4.78, 5) is 11.8. The molecule has 0 bridgehead atoms. The van der Waals surface area contributed by atoms with Crippen molar-refractivity contribution < 1.29 is 14.3 Å². The third-order valence-electron chi connectivity index (χ3n) is 1.97. The largest absolute Gasteiger partial charge is 0.479 e. The quantitative estimate of drug-likeness (QED) is 0.864. The van der Waals surface area contributed by atoms with Crippen LogP contribution in [0.25, 0.3) is 0 Å². The molecule has 0 aromatic heterocycles. The Kier molecular flexibility index (Phi) is 3.91. The number of alkyl halides is 1. The number of halogens is 2. The summed E-state index contributed by atoms with van der Waals surface area (Å²) in [5, 5.41) is 8.98. The van der Waals surface area contributed by atoms with Crippen LogP contribution in [0, 0.1) is 0 Å². The van der Waals surface area contributed by atoms with Gasteiger partial charge in [-0.3, -0.25) is 0 Å². The number of benzene rings is 1. The molecular weight excluding hydrogens is 221 g/mol. The third kappa shape index (κ3) is 3.40. The first-order valence-electron chi connectivity index (χ1n) is 4.34. The smallest absolute Gasteiger partial charge is 0.340 e. The molecule has 5 heteroatoms. The number of rotatable bonds is 4. The monoisotopic (exact) mass is 231 g/mol. The van der Waals surface area contributed by atoms with Crippen molar-refractivity contribution in [1.82, 2.24) is 0 Å². The van der Waals surface area contributed by atoms with Crippen molar-refractivity contribution in [2.24, 2.45) is 0 Å². The minimum atomic E-state index is -1.88. The van der Waals surface area contributed by atoms with E-state index < -0.39 is 12.1 Å². The van der Waals surface area contributed by atoms with Gasteiger partial charge in [-0.1, -0.05) is 11.6 Å². The minimum absolute atomic E-state index is 0.184. The summed E-state index contributed by atoms with van der Waals surface area (Å²) in [7, 11) is 1.62. The Bertz CT molecular complexity index is 342. The van der Waals surface area contributed by atoms with E-state index in [0.29, 0.717) is 5.02 Å². The van der Waals surface area contributed by atoms with Gasteiger partial charge in [0, 0.05) is 17.8 Å². The highest BCUT2D eigenvalue weighted by Gasteiger charge is 2.17. The van der Waals surface area contributed by atoms with Crippen molar-refractivity contribution in [2.75, 3.05) is 18.5 Å². The minimum Gasteiger partial charge on any atom is -0.479 e. The van der Waals surface area contributed by atoms with Gasteiger partial charge in [0.1, 0.15) is 0 Å². The average molecular weight is 232 g/mol. The van der Waals surface area contributed by atoms with Crippen LogP contribution in [-0.4, -0.2) is 30.8 Å². The lowest BCUT2D eigenvalue weighted by molar-refractivity contribution is -0.142. The summed E-state index contributed by atoms with van der Waals surface area (Å²) in [6, 6.07) is 6.75. The molecule has 0 saturated heterocycles. The zero-order valence-corrected chi connectivity index (χ0v) is 8.91. The Hall–Kier alpha value is -1.29. The summed E-state index contributed by atoms with van der Waals surface area (Å²) < 4.78 is 12.9. The lowest BCUT2D eigenvalue weighted by Crippen LogP contribution is -2.31. The zero-order chi connectivity index (χ0) is 11.4. The highest BCUT2D eigenvalue weighted by Crippen LogP contribution is 2.17. The van der Waals surface area contributed by atoms with Crippen LogP contribution < -0.4 is 4.90 Å². The van der Waals surface area contributed by atoms with Gasteiger partial charge in [-0.15, -0.1) is 0 Å². The van der Waals surface area contributed by atoms with E-state index in [1.165, 1.54) is 4.90 Å². The molecule has 1 atom stereocenters. The van der Waals surface area contributed by atoms with Gasteiger partial charge in [0.15, 0.2) is 0 Å². The molecule has 3 nitrogen and oxygen atoms in total. The number of anilines is 1. The molecule has 1 aromatic rings. The Labute approximate surface area is 92.1 Å². The van der Waals surface area contributed by atoms with E-state index >= 15 is 0 Å². The van der Waals surface area contributed by atoms with Gasteiger partial charge in [0.2, 0.25) is 6.17 Å². The van der Waals surface area contributed by atoms with E-state index in [9.17, 15) is 9.18 Å². The Morgan fingerprint density at radius 2 is 2.07 bits per heavy atom. The molecule has 0 aliphatic rings. The molecule has 0 aliphatic carbocycles. The standard InChI is InChI=1S/C10H11ClFNO2/c1-13(6-9(12)10(14)15)8-4-2-7(11)3-5-8/h2-5,9H,6H2,1H3,(H,14,15). The molecule has 0 heterocycles. The normalized spacial score (nSPS) is 12.2. The Morgan fingerprint density at radius 3 is 2.53 bits per heavy atom. The number of aliphatic carboxylic acids is 1. The number of hydrogen-bond donors (Lipinski definition) is 1. The summed E-state index contributed by atoms with van der Waals surface area (Å²) in [5.74, 6) is -1.45. The number of hydrogen-bond acceptors (Lipinski definition) is 2. The molecule has 1 rings (SSSR count). The fourth-order valence-electron chi connectivity index (χ4n) is 1.12. The molecule has 1 N–H and O–H groups in total. The number of carbonyl (C=O) groups is 1. The van der Waals surface area contributed by atoms with Gasteiger partial charge in [0.25, 0.3) is 0 Å². The van der Waals surface area contributed by atoms with Gasteiger partial charge < -0.3 is 10.0 Å². The second kappa shape index (κ2) is 4.98. The van der Waals surface area contributed by atoms with E-state index in [1.807, 2.05) is 0 Å². The summed E-state index contributed by atoms with van der Waals surface area (Å²) in [5.41, 5.74) is 0.725. The second-order valence-electron chi connectivity index (χ2n) is 3.16. The molecule has 0 radical (unpaired) electrons. The average Bonchev–Trinajstić information content (AvgIpc) is 2.18. The van der Waals surface area contributed by atoms with E-state index in [-0.39, 0.29) is 6.54 Å². The van der Waals surface area contributed by atoms with Crippen molar-refractivity contribution >= 4 is 23.3 Å². The van der Waals surface area contributed by atoms with E-state index in [0.717, 1.165) is 5.69 Å². The lowest BCUT2D eigenvalue weighted by Gasteiger charge is -2.19. The molecular formula is C10H11ClFNO2. The van der Waals surface area contributed by atoms with Gasteiger partial charge in [-0.25, -0.2) is 9.18 Å². The zero-order valence-electron chi connectivity index (χ0n) is 8.15. The van der Waals surface area contributed by atoms with Crippen LogP contribution in [0.15, 0.2) is 24.3 Å². The first-order chi connectivity index (χ1) is 7.00. The van der Waals surface area contributed by atoms with Crippen LogP contribution in [-0.2, 0) is 4.79 Å². The first kappa shape index (κ1) is 11.8. The van der Waals surface area contributed by atoms with Crippen molar-refractivity contribution in [3.63, 3.8) is 0 Å². The highest BCUT2D eigenvalue weighted by atomic mass is 35.5. The molecule has 1 aromatic carbocycles. The van der Waals surface area contributed by atoms with Crippen LogP contribution in [0.5, 0.6) is 0 Å². The van der Waals surface area contributed by atoms with Gasteiger partial charge in [0.05, 0.1) is 6.54 Å². The van der Waals surface area contributed by atoms with Crippen LogP contribution in [0.3, 0.4) is 0 Å². The number of nitrogens with zero attached hydrogens (tertiary/aromatic N) is 1. The molecule has 0 aliphatic heterocycles. The van der Waals surface area contributed by atoms with Crippen molar-refractivity contribution in [1.29, 1.82) is 0 Å². The maximum Gasteiger partial charge on any atom is 0.340 e. The fraction of sp³-hybridized carbons (Fsp3) is 0.300. The second-order valence-corrected chi connectivity index (χ2v) is 3.60. The molecule has 0 spiro atoms. The van der Waals surface area contributed by atoms with E-state index in [2.05, 4.69) is 0 Å².